The fourth-order valence-electron chi connectivity index (χ4n) is 1.63. The van der Waals surface area contributed by atoms with E-state index in [-0.39, 0.29) is 11.4 Å². The molecule has 0 heterocycles. The number of phenols is 1. The van der Waals surface area contributed by atoms with E-state index >= 15 is 0 Å². The molecule has 4 heteroatoms. The first-order valence-electron chi connectivity index (χ1n) is 5.40. The summed E-state index contributed by atoms with van der Waals surface area (Å²) in [6, 6.07) is 13.8. The van der Waals surface area contributed by atoms with E-state index < -0.39 is 11.9 Å². The first-order valence-corrected chi connectivity index (χ1v) is 5.40. The zero-order chi connectivity index (χ0) is 13.0. The Morgan fingerprint density at radius 2 is 1.94 bits per heavy atom. The molecule has 1 atom stereocenters. The summed E-state index contributed by atoms with van der Waals surface area (Å²) in [5.74, 6) is -0.346. The number of nitrogens with one attached hydrogen (secondary N) is 1. The molecular formula is C14H11FN2O. The van der Waals surface area contributed by atoms with Gasteiger partial charge in [0, 0.05) is 0 Å². The number of phenolic OH excluding ortho intramolecular Hbond substituents is 1. The van der Waals surface area contributed by atoms with Crippen molar-refractivity contribution >= 4 is 5.69 Å². The predicted molar refractivity (Wildman–Crippen MR) is 66.5 cm³/mol. The second-order valence-electron chi connectivity index (χ2n) is 3.78. The van der Waals surface area contributed by atoms with Gasteiger partial charge in [-0.25, -0.2) is 4.39 Å². The lowest BCUT2D eigenvalue weighted by Crippen LogP contribution is -2.09. The van der Waals surface area contributed by atoms with Crippen molar-refractivity contribution in [3.8, 4) is 11.8 Å². The fourth-order valence-corrected chi connectivity index (χ4v) is 1.63. The molecule has 0 spiro atoms. The van der Waals surface area contributed by atoms with E-state index in [4.69, 9.17) is 5.26 Å². The van der Waals surface area contributed by atoms with E-state index in [2.05, 4.69) is 5.32 Å². The fraction of sp³-hybridized carbons (Fsp3) is 0.0714. The molecule has 2 rings (SSSR count). The van der Waals surface area contributed by atoms with E-state index in [9.17, 15) is 9.50 Å². The maximum atomic E-state index is 13.5. The summed E-state index contributed by atoms with van der Waals surface area (Å²) in [5.41, 5.74) is 0.841. The topological polar surface area (TPSA) is 56.0 Å². The highest BCUT2D eigenvalue weighted by molar-refractivity contribution is 5.49. The number of para-hydroxylation sites is 1. The van der Waals surface area contributed by atoms with Crippen molar-refractivity contribution < 1.29 is 9.50 Å². The van der Waals surface area contributed by atoms with Crippen LogP contribution >= 0.6 is 0 Å². The van der Waals surface area contributed by atoms with Gasteiger partial charge >= 0.3 is 0 Å². The van der Waals surface area contributed by atoms with Crippen molar-refractivity contribution in [3.63, 3.8) is 0 Å². The third-order valence-corrected chi connectivity index (χ3v) is 2.51. The minimum absolute atomic E-state index is 0.0723. The number of nitrogens with zero attached hydrogens (tertiary/aromatic N) is 1. The van der Waals surface area contributed by atoms with Crippen LogP contribution in [0.5, 0.6) is 5.75 Å². The van der Waals surface area contributed by atoms with Gasteiger partial charge < -0.3 is 10.4 Å². The van der Waals surface area contributed by atoms with Crippen LogP contribution in [-0.4, -0.2) is 5.11 Å². The molecule has 0 aliphatic rings. The number of anilines is 1. The second-order valence-corrected chi connectivity index (χ2v) is 3.78. The SMILES string of the molecule is N#CC(Nc1ccccc1F)c1cccc(O)c1. The molecule has 3 nitrogen and oxygen atoms in total. The van der Waals surface area contributed by atoms with Crippen LogP contribution in [0.2, 0.25) is 0 Å². The van der Waals surface area contributed by atoms with Crippen molar-refractivity contribution in [2.24, 2.45) is 0 Å². The summed E-state index contributed by atoms with van der Waals surface area (Å²) in [6.07, 6.45) is 0. The van der Waals surface area contributed by atoms with E-state index in [0.29, 0.717) is 5.56 Å². The average Bonchev–Trinajstić information content (AvgIpc) is 2.38. The number of halogens is 1. The Labute approximate surface area is 104 Å². The molecule has 2 aromatic rings. The van der Waals surface area contributed by atoms with Gasteiger partial charge in [-0.1, -0.05) is 24.3 Å². The first kappa shape index (κ1) is 11.9. The number of benzene rings is 2. The monoisotopic (exact) mass is 242 g/mol. The highest BCUT2D eigenvalue weighted by atomic mass is 19.1. The summed E-state index contributed by atoms with van der Waals surface area (Å²) in [6.45, 7) is 0. The highest BCUT2D eigenvalue weighted by Crippen LogP contribution is 2.23. The zero-order valence-corrected chi connectivity index (χ0v) is 9.47. The van der Waals surface area contributed by atoms with Crippen molar-refractivity contribution in [2.45, 2.75) is 6.04 Å². The van der Waals surface area contributed by atoms with Gasteiger partial charge in [0.05, 0.1) is 11.8 Å². The Morgan fingerprint density at radius 3 is 2.61 bits per heavy atom. The number of hydrogen-bond donors (Lipinski definition) is 2. The Morgan fingerprint density at radius 1 is 1.17 bits per heavy atom. The van der Waals surface area contributed by atoms with Gasteiger partial charge in [0.1, 0.15) is 17.6 Å². The lowest BCUT2D eigenvalue weighted by molar-refractivity contribution is 0.474. The lowest BCUT2D eigenvalue weighted by atomic mass is 10.1. The molecule has 18 heavy (non-hydrogen) atoms. The highest BCUT2D eigenvalue weighted by Gasteiger charge is 2.12. The molecule has 0 saturated heterocycles. The molecule has 0 aliphatic heterocycles. The van der Waals surface area contributed by atoms with E-state index in [1.165, 1.54) is 18.2 Å². The standard InChI is InChI=1S/C14H11FN2O/c15-12-6-1-2-7-13(12)17-14(9-16)10-4-3-5-11(18)8-10/h1-8,14,17-18H. The predicted octanol–water partition coefficient (Wildman–Crippen LogP) is 3.21. The van der Waals surface area contributed by atoms with Gasteiger partial charge in [0.2, 0.25) is 0 Å². The Balaban J connectivity index is 2.26. The largest absolute Gasteiger partial charge is 0.508 e. The van der Waals surface area contributed by atoms with Crippen LogP contribution in [0.4, 0.5) is 10.1 Å². The third kappa shape index (κ3) is 2.58. The van der Waals surface area contributed by atoms with Crippen molar-refractivity contribution in [1.82, 2.24) is 0 Å². The third-order valence-electron chi connectivity index (χ3n) is 2.51. The zero-order valence-electron chi connectivity index (χ0n) is 9.47. The van der Waals surface area contributed by atoms with E-state index in [1.54, 1.807) is 30.3 Å². The van der Waals surface area contributed by atoms with Crippen LogP contribution in [0.15, 0.2) is 48.5 Å². The molecule has 0 fully saturated rings. The summed E-state index contributed by atoms with van der Waals surface area (Å²) in [4.78, 5) is 0. The van der Waals surface area contributed by atoms with Gasteiger partial charge in [-0.3, -0.25) is 0 Å². The molecule has 0 aromatic heterocycles. The summed E-state index contributed by atoms with van der Waals surface area (Å²) in [5, 5.41) is 21.3. The quantitative estimate of drug-likeness (QED) is 0.868. The van der Waals surface area contributed by atoms with Crippen molar-refractivity contribution in [3.05, 3.63) is 59.9 Å². The minimum atomic E-state index is -0.714. The molecule has 0 radical (unpaired) electrons. The molecule has 0 amide bonds. The molecule has 0 saturated carbocycles. The van der Waals surface area contributed by atoms with Crippen molar-refractivity contribution in [1.29, 1.82) is 5.26 Å². The van der Waals surface area contributed by atoms with E-state index in [1.807, 2.05) is 6.07 Å². The number of rotatable bonds is 3. The maximum Gasteiger partial charge on any atom is 0.146 e. The van der Waals surface area contributed by atoms with E-state index in [0.717, 1.165) is 0 Å². The molecule has 0 aliphatic carbocycles. The Hall–Kier alpha value is -2.54. The van der Waals surface area contributed by atoms with Crippen molar-refractivity contribution in [2.75, 3.05) is 5.32 Å². The summed E-state index contributed by atoms with van der Waals surface area (Å²) < 4.78 is 13.5. The molecule has 1 unspecified atom stereocenters. The van der Waals surface area contributed by atoms with Crippen LogP contribution < -0.4 is 5.32 Å². The Kier molecular flexibility index (Phi) is 3.44. The smallest absolute Gasteiger partial charge is 0.146 e. The normalized spacial score (nSPS) is 11.6. The average molecular weight is 242 g/mol. The summed E-state index contributed by atoms with van der Waals surface area (Å²) >= 11 is 0. The van der Waals surface area contributed by atoms with Crippen LogP contribution in [0, 0.1) is 17.1 Å². The molecule has 2 N–H and O–H groups in total. The molecule has 2 aromatic carbocycles. The maximum absolute atomic E-state index is 13.5. The molecule has 0 bridgehead atoms. The number of aromatic hydroxyl groups is 1. The minimum Gasteiger partial charge on any atom is -0.508 e. The summed E-state index contributed by atoms with van der Waals surface area (Å²) in [7, 11) is 0. The number of nitriles is 1. The van der Waals surface area contributed by atoms with Crippen LogP contribution in [0.25, 0.3) is 0 Å². The second kappa shape index (κ2) is 5.19. The Bertz CT molecular complexity index is 592. The van der Waals surface area contributed by atoms with Gasteiger partial charge in [-0.15, -0.1) is 0 Å². The molecule has 90 valence electrons. The van der Waals surface area contributed by atoms with Crippen LogP contribution in [0.3, 0.4) is 0 Å². The van der Waals surface area contributed by atoms with Gasteiger partial charge in [-0.05, 0) is 29.8 Å². The number of hydrogen-bond acceptors (Lipinski definition) is 3. The first-order chi connectivity index (χ1) is 8.70. The molecular weight excluding hydrogens is 231 g/mol. The van der Waals surface area contributed by atoms with Crippen LogP contribution in [0.1, 0.15) is 11.6 Å². The van der Waals surface area contributed by atoms with Gasteiger partial charge in [0.15, 0.2) is 0 Å². The lowest BCUT2D eigenvalue weighted by Gasteiger charge is -2.14. The van der Waals surface area contributed by atoms with Gasteiger partial charge in [-0.2, -0.15) is 5.26 Å². The van der Waals surface area contributed by atoms with Gasteiger partial charge in [0.25, 0.3) is 0 Å². The van der Waals surface area contributed by atoms with Crippen LogP contribution in [-0.2, 0) is 0 Å².